The zero-order valence-electron chi connectivity index (χ0n) is 13.6. The Balaban J connectivity index is 2.13. The average Bonchev–Trinajstić information content (AvgIpc) is 3.01. The fourth-order valence-corrected chi connectivity index (χ4v) is 2.57. The first-order valence-electron chi connectivity index (χ1n) is 7.76. The Bertz CT molecular complexity index is 920. The van der Waals surface area contributed by atoms with Crippen LogP contribution in [0, 0.1) is 5.82 Å². The third kappa shape index (κ3) is 3.19. The number of nitrogens with zero attached hydrogens (tertiary/aromatic N) is 4. The molecule has 0 saturated carbocycles. The maximum Gasteiger partial charge on any atom is 0.275 e. The molecule has 0 N–H and O–H groups in total. The second-order valence-electron chi connectivity index (χ2n) is 5.40. The number of carbonyl (C=O) groups excluding carboxylic acids is 1. The molecule has 0 aliphatic heterocycles. The second-order valence-corrected chi connectivity index (χ2v) is 5.40. The third-order valence-electron chi connectivity index (χ3n) is 3.70. The van der Waals surface area contributed by atoms with E-state index in [-0.39, 0.29) is 17.4 Å². The molecule has 0 unspecified atom stereocenters. The summed E-state index contributed by atoms with van der Waals surface area (Å²) in [6.07, 6.45) is 4.93. The number of halogens is 1. The summed E-state index contributed by atoms with van der Waals surface area (Å²) in [7, 11) is 0. The highest BCUT2D eigenvalue weighted by molar-refractivity contribution is 6.04. The highest BCUT2D eigenvalue weighted by atomic mass is 19.1. The molecule has 5 nitrogen and oxygen atoms in total. The molecule has 2 aromatic heterocycles. The van der Waals surface area contributed by atoms with Gasteiger partial charge in [-0.1, -0.05) is 12.2 Å². The van der Waals surface area contributed by atoms with Crippen molar-refractivity contribution in [2.45, 2.75) is 0 Å². The van der Waals surface area contributed by atoms with Gasteiger partial charge in [-0.2, -0.15) is 5.10 Å². The van der Waals surface area contributed by atoms with Crippen LogP contribution in [0.25, 0.3) is 16.7 Å². The van der Waals surface area contributed by atoms with Crippen molar-refractivity contribution in [1.82, 2.24) is 19.7 Å². The van der Waals surface area contributed by atoms with Crippen molar-refractivity contribution >= 4 is 16.9 Å². The van der Waals surface area contributed by atoms with E-state index < -0.39 is 0 Å². The molecule has 1 amide bonds. The minimum Gasteiger partial charge on any atom is -0.330 e. The van der Waals surface area contributed by atoms with Crippen molar-refractivity contribution in [2.24, 2.45) is 0 Å². The SMILES string of the molecule is C=CCN(CC=C)C(=O)c1nn(-c2ccc(F)cc2)c2ncccc12. The van der Waals surface area contributed by atoms with E-state index in [9.17, 15) is 9.18 Å². The van der Waals surface area contributed by atoms with E-state index in [1.165, 1.54) is 12.1 Å². The molecular formula is C19H17FN4O. The highest BCUT2D eigenvalue weighted by Gasteiger charge is 2.22. The Morgan fingerprint density at radius 2 is 1.84 bits per heavy atom. The number of carbonyl (C=O) groups is 1. The monoisotopic (exact) mass is 336 g/mol. The van der Waals surface area contributed by atoms with E-state index in [0.717, 1.165) is 0 Å². The van der Waals surface area contributed by atoms with E-state index in [0.29, 0.717) is 29.8 Å². The molecular weight excluding hydrogens is 319 g/mol. The number of benzene rings is 1. The van der Waals surface area contributed by atoms with Crippen LogP contribution in [-0.2, 0) is 0 Å². The lowest BCUT2D eigenvalue weighted by atomic mass is 10.2. The molecule has 0 aliphatic rings. The molecule has 6 heteroatoms. The summed E-state index contributed by atoms with van der Waals surface area (Å²) in [5, 5.41) is 5.08. The first-order valence-corrected chi connectivity index (χ1v) is 7.76. The van der Waals surface area contributed by atoms with Crippen molar-refractivity contribution in [3.05, 3.63) is 79.4 Å². The van der Waals surface area contributed by atoms with Crippen molar-refractivity contribution < 1.29 is 9.18 Å². The van der Waals surface area contributed by atoms with E-state index in [1.54, 1.807) is 52.2 Å². The smallest absolute Gasteiger partial charge is 0.275 e. The van der Waals surface area contributed by atoms with Gasteiger partial charge in [0, 0.05) is 19.3 Å². The number of pyridine rings is 1. The number of fused-ring (bicyclic) bond motifs is 1. The summed E-state index contributed by atoms with van der Waals surface area (Å²) in [5.41, 5.74) is 1.45. The fourth-order valence-electron chi connectivity index (χ4n) is 2.57. The lowest BCUT2D eigenvalue weighted by Gasteiger charge is -2.17. The second kappa shape index (κ2) is 7.09. The molecule has 3 rings (SSSR count). The first kappa shape index (κ1) is 16.6. The van der Waals surface area contributed by atoms with Crippen molar-refractivity contribution in [1.29, 1.82) is 0 Å². The minimum absolute atomic E-state index is 0.237. The van der Waals surface area contributed by atoms with Crippen LogP contribution in [0.15, 0.2) is 67.9 Å². The lowest BCUT2D eigenvalue weighted by Crippen LogP contribution is -2.31. The molecule has 1 aromatic carbocycles. The first-order chi connectivity index (χ1) is 12.2. The van der Waals surface area contributed by atoms with Crippen molar-refractivity contribution in [3.8, 4) is 5.69 Å². The van der Waals surface area contributed by atoms with Gasteiger partial charge in [0.15, 0.2) is 11.3 Å². The molecule has 0 saturated heterocycles. The third-order valence-corrected chi connectivity index (χ3v) is 3.70. The van der Waals surface area contributed by atoms with Gasteiger partial charge in [0.25, 0.3) is 5.91 Å². The Kier molecular flexibility index (Phi) is 4.70. The molecule has 25 heavy (non-hydrogen) atoms. The van der Waals surface area contributed by atoms with Gasteiger partial charge in [-0.15, -0.1) is 13.2 Å². The predicted molar refractivity (Wildman–Crippen MR) is 95.1 cm³/mol. The number of hydrogen-bond donors (Lipinski definition) is 0. The number of aromatic nitrogens is 3. The summed E-state index contributed by atoms with van der Waals surface area (Å²) in [6, 6.07) is 9.42. The van der Waals surface area contributed by atoms with Crippen molar-refractivity contribution in [3.63, 3.8) is 0 Å². The van der Waals surface area contributed by atoms with E-state index in [4.69, 9.17) is 0 Å². The molecule has 0 bridgehead atoms. The number of amides is 1. The van der Waals surface area contributed by atoms with E-state index in [2.05, 4.69) is 23.2 Å². The minimum atomic E-state index is -0.340. The van der Waals surface area contributed by atoms with Gasteiger partial charge < -0.3 is 4.90 Å². The van der Waals surface area contributed by atoms with E-state index >= 15 is 0 Å². The number of rotatable bonds is 6. The van der Waals surface area contributed by atoms with Gasteiger partial charge in [0.2, 0.25) is 0 Å². The molecule has 0 aliphatic carbocycles. The summed E-state index contributed by atoms with van der Waals surface area (Å²) in [6.45, 7) is 8.13. The predicted octanol–water partition coefficient (Wildman–Crippen LogP) is 3.37. The molecule has 2 heterocycles. The normalized spacial score (nSPS) is 10.6. The highest BCUT2D eigenvalue weighted by Crippen LogP contribution is 2.21. The molecule has 0 fully saturated rings. The topological polar surface area (TPSA) is 51.0 Å². The van der Waals surface area contributed by atoms with Crippen LogP contribution >= 0.6 is 0 Å². The standard InChI is InChI=1S/C19H17FN4O/c1-3-12-23(13-4-2)19(25)17-16-6-5-11-21-18(16)24(22-17)15-9-7-14(20)8-10-15/h3-11H,1-2,12-13H2. The average molecular weight is 336 g/mol. The van der Waals surface area contributed by atoms with Crippen LogP contribution < -0.4 is 0 Å². The summed E-state index contributed by atoms with van der Waals surface area (Å²) < 4.78 is 14.7. The van der Waals surface area contributed by atoms with Gasteiger partial charge in [0.1, 0.15) is 5.82 Å². The maximum absolute atomic E-state index is 13.2. The largest absolute Gasteiger partial charge is 0.330 e. The quantitative estimate of drug-likeness (QED) is 0.649. The van der Waals surface area contributed by atoms with Gasteiger partial charge in [-0.05, 0) is 36.4 Å². The molecule has 0 atom stereocenters. The lowest BCUT2D eigenvalue weighted by molar-refractivity contribution is 0.0786. The number of hydrogen-bond acceptors (Lipinski definition) is 3. The Labute approximate surface area is 144 Å². The van der Waals surface area contributed by atoms with Gasteiger partial charge in [-0.3, -0.25) is 4.79 Å². The Morgan fingerprint density at radius 3 is 2.48 bits per heavy atom. The molecule has 126 valence electrons. The van der Waals surface area contributed by atoms with Crippen molar-refractivity contribution in [2.75, 3.05) is 13.1 Å². The van der Waals surface area contributed by atoms with Crippen LogP contribution in [0.2, 0.25) is 0 Å². The van der Waals surface area contributed by atoms with Crippen LogP contribution in [-0.4, -0.2) is 38.7 Å². The maximum atomic E-state index is 13.2. The Morgan fingerprint density at radius 1 is 1.16 bits per heavy atom. The molecule has 3 aromatic rings. The summed E-state index contributed by atoms with van der Waals surface area (Å²) in [5.74, 6) is -0.578. The van der Waals surface area contributed by atoms with Gasteiger partial charge >= 0.3 is 0 Å². The van der Waals surface area contributed by atoms with E-state index in [1.807, 2.05) is 0 Å². The Hall–Kier alpha value is -3.28. The zero-order chi connectivity index (χ0) is 17.8. The fraction of sp³-hybridized carbons (Fsp3) is 0.105. The zero-order valence-corrected chi connectivity index (χ0v) is 13.6. The molecule has 0 spiro atoms. The van der Waals surface area contributed by atoms with Gasteiger partial charge in [-0.25, -0.2) is 14.1 Å². The van der Waals surface area contributed by atoms with Crippen LogP contribution in [0.3, 0.4) is 0 Å². The summed E-state index contributed by atoms with van der Waals surface area (Å²) in [4.78, 5) is 18.8. The molecule has 0 radical (unpaired) electrons. The summed E-state index contributed by atoms with van der Waals surface area (Å²) >= 11 is 0. The van der Waals surface area contributed by atoms with Crippen LogP contribution in [0.5, 0.6) is 0 Å². The van der Waals surface area contributed by atoms with Crippen LogP contribution in [0.1, 0.15) is 10.5 Å². The van der Waals surface area contributed by atoms with Gasteiger partial charge in [0.05, 0.1) is 11.1 Å². The van der Waals surface area contributed by atoms with Crippen LogP contribution in [0.4, 0.5) is 4.39 Å².